The zero-order chi connectivity index (χ0) is 12.3. The van der Waals surface area contributed by atoms with E-state index in [-0.39, 0.29) is 12.5 Å². The summed E-state index contributed by atoms with van der Waals surface area (Å²) in [5.41, 5.74) is 0. The molecule has 5 heteroatoms. The van der Waals surface area contributed by atoms with Crippen LogP contribution in [0.25, 0.3) is 0 Å². The maximum absolute atomic E-state index is 12.3. The molecule has 17 heavy (non-hydrogen) atoms. The Balaban J connectivity index is 2.06. The number of hydrogen-bond donors (Lipinski definition) is 1. The molecule has 1 atom stereocenters. The van der Waals surface area contributed by atoms with Crippen LogP contribution < -0.4 is 0 Å². The summed E-state index contributed by atoms with van der Waals surface area (Å²) in [6, 6.07) is 2.22. The lowest BCUT2D eigenvalue weighted by Crippen LogP contribution is -2.35. The van der Waals surface area contributed by atoms with Gasteiger partial charge in [0, 0.05) is 23.7 Å². The highest BCUT2D eigenvalue weighted by atomic mass is 79.9. The Hall–Kier alpha value is -0.390. The molecule has 1 N–H and O–H groups in total. The van der Waals surface area contributed by atoms with Gasteiger partial charge in [-0.25, -0.2) is 0 Å². The van der Waals surface area contributed by atoms with Gasteiger partial charge in [0.05, 0.1) is 0 Å². The summed E-state index contributed by atoms with van der Waals surface area (Å²) >= 11 is 4.89. The molecule has 1 amide bonds. The number of carbonyl (C=O) groups is 1. The average molecular weight is 318 g/mol. The largest absolute Gasteiger partial charge is 0.396 e. The number of hydrogen-bond acceptors (Lipinski definition) is 3. The van der Waals surface area contributed by atoms with E-state index in [1.54, 1.807) is 0 Å². The van der Waals surface area contributed by atoms with Gasteiger partial charge in [0.1, 0.15) is 4.88 Å². The summed E-state index contributed by atoms with van der Waals surface area (Å²) in [6.45, 7) is 1.06. The van der Waals surface area contributed by atoms with Crippen molar-refractivity contribution >= 4 is 33.2 Å². The van der Waals surface area contributed by atoms with Crippen LogP contribution in [0.4, 0.5) is 0 Å². The van der Waals surface area contributed by atoms with Crippen molar-refractivity contribution in [2.24, 2.45) is 0 Å². The smallest absolute Gasteiger partial charge is 0.265 e. The van der Waals surface area contributed by atoms with E-state index in [1.807, 2.05) is 16.3 Å². The summed E-state index contributed by atoms with van der Waals surface area (Å²) in [5.74, 6) is 0.132. The number of thiophene rings is 1. The molecular formula is C12H16BrNO2S. The molecule has 0 radical (unpaired) electrons. The van der Waals surface area contributed by atoms with E-state index >= 15 is 0 Å². The van der Waals surface area contributed by atoms with Crippen LogP contribution in [0.3, 0.4) is 0 Å². The van der Waals surface area contributed by atoms with Crippen molar-refractivity contribution in [3.05, 3.63) is 20.8 Å². The summed E-state index contributed by atoms with van der Waals surface area (Å²) < 4.78 is 0.889. The van der Waals surface area contributed by atoms with Crippen LogP contribution in [0.5, 0.6) is 0 Å². The van der Waals surface area contributed by atoms with Gasteiger partial charge in [-0.15, -0.1) is 11.3 Å². The van der Waals surface area contributed by atoms with Crippen LogP contribution in [0, 0.1) is 0 Å². The third-order valence-electron chi connectivity index (χ3n) is 3.14. The fourth-order valence-corrected chi connectivity index (χ4v) is 3.80. The number of halogens is 1. The Labute approximate surface area is 114 Å². The Morgan fingerprint density at radius 1 is 1.65 bits per heavy atom. The highest BCUT2D eigenvalue weighted by Crippen LogP contribution is 2.29. The van der Waals surface area contributed by atoms with Crippen molar-refractivity contribution in [1.29, 1.82) is 0 Å². The molecule has 3 nitrogen and oxygen atoms in total. The van der Waals surface area contributed by atoms with Crippen molar-refractivity contribution in [2.45, 2.75) is 31.7 Å². The quantitative estimate of drug-likeness (QED) is 0.927. The van der Waals surface area contributed by atoms with E-state index in [4.69, 9.17) is 5.11 Å². The summed E-state index contributed by atoms with van der Waals surface area (Å²) in [7, 11) is 0. The summed E-state index contributed by atoms with van der Waals surface area (Å²) in [4.78, 5) is 15.1. The van der Waals surface area contributed by atoms with Gasteiger partial charge in [0.25, 0.3) is 5.91 Å². The lowest BCUT2D eigenvalue weighted by atomic mass is 10.1. The maximum atomic E-state index is 12.3. The molecule has 1 aromatic heterocycles. The van der Waals surface area contributed by atoms with Gasteiger partial charge in [0.15, 0.2) is 0 Å². The van der Waals surface area contributed by atoms with Gasteiger partial charge in [-0.1, -0.05) is 0 Å². The number of carbonyl (C=O) groups excluding carboxylic acids is 1. The second kappa shape index (κ2) is 5.98. The second-order valence-electron chi connectivity index (χ2n) is 4.26. The SMILES string of the molecule is O=C(c1sccc1Br)N1CCCC1CCCO. The zero-order valence-corrected chi connectivity index (χ0v) is 12.0. The standard InChI is InChI=1S/C12H16BrNO2S/c13-10-5-8-17-11(10)12(16)14-6-1-3-9(14)4-2-7-15/h5,8-9,15H,1-4,6-7H2. The Bertz CT molecular complexity index is 394. The first-order valence-corrected chi connectivity index (χ1v) is 7.56. The van der Waals surface area contributed by atoms with Gasteiger partial charge in [-0.3, -0.25) is 4.79 Å². The molecule has 94 valence electrons. The van der Waals surface area contributed by atoms with Crippen LogP contribution in [-0.2, 0) is 0 Å². The normalized spacial score (nSPS) is 19.9. The topological polar surface area (TPSA) is 40.5 Å². The van der Waals surface area contributed by atoms with E-state index in [0.717, 1.165) is 41.6 Å². The molecule has 0 saturated carbocycles. The molecule has 1 aliphatic heterocycles. The molecule has 0 aromatic carbocycles. The minimum Gasteiger partial charge on any atom is -0.396 e. The van der Waals surface area contributed by atoms with E-state index in [1.165, 1.54) is 11.3 Å². The van der Waals surface area contributed by atoms with Crippen molar-refractivity contribution in [1.82, 2.24) is 4.90 Å². The van der Waals surface area contributed by atoms with Gasteiger partial charge >= 0.3 is 0 Å². The number of nitrogens with zero attached hydrogens (tertiary/aromatic N) is 1. The molecule has 2 rings (SSSR count). The number of aliphatic hydroxyl groups excluding tert-OH is 1. The second-order valence-corrected chi connectivity index (χ2v) is 6.03. The molecule has 0 bridgehead atoms. The van der Waals surface area contributed by atoms with Crippen molar-refractivity contribution < 1.29 is 9.90 Å². The van der Waals surface area contributed by atoms with Gasteiger partial charge in [-0.2, -0.15) is 0 Å². The molecule has 1 unspecified atom stereocenters. The highest BCUT2D eigenvalue weighted by molar-refractivity contribution is 9.10. The first-order valence-electron chi connectivity index (χ1n) is 5.89. The van der Waals surface area contributed by atoms with E-state index in [2.05, 4.69) is 15.9 Å². The molecule has 1 fully saturated rings. The molecule has 0 spiro atoms. The van der Waals surface area contributed by atoms with Gasteiger partial charge < -0.3 is 10.0 Å². The monoisotopic (exact) mass is 317 g/mol. The van der Waals surface area contributed by atoms with E-state index < -0.39 is 0 Å². The Morgan fingerprint density at radius 2 is 2.47 bits per heavy atom. The average Bonchev–Trinajstić information content (AvgIpc) is 2.94. The molecule has 1 aliphatic rings. The number of rotatable bonds is 4. The third kappa shape index (κ3) is 2.89. The van der Waals surface area contributed by atoms with Crippen LogP contribution in [0.1, 0.15) is 35.4 Å². The fraction of sp³-hybridized carbons (Fsp3) is 0.583. The first-order chi connectivity index (χ1) is 8.24. The Morgan fingerprint density at radius 3 is 3.12 bits per heavy atom. The molecule has 2 heterocycles. The Kier molecular flexibility index (Phi) is 4.59. The van der Waals surface area contributed by atoms with Crippen LogP contribution in [0.15, 0.2) is 15.9 Å². The fourth-order valence-electron chi connectivity index (χ4n) is 2.31. The maximum Gasteiger partial charge on any atom is 0.265 e. The van der Waals surface area contributed by atoms with Crippen molar-refractivity contribution in [2.75, 3.05) is 13.2 Å². The molecule has 0 aliphatic carbocycles. The van der Waals surface area contributed by atoms with Crippen molar-refractivity contribution in [3.63, 3.8) is 0 Å². The molecular weight excluding hydrogens is 302 g/mol. The third-order valence-corrected chi connectivity index (χ3v) is 4.97. The van der Waals surface area contributed by atoms with Crippen LogP contribution in [-0.4, -0.2) is 35.1 Å². The predicted octanol–water partition coefficient (Wildman–Crippen LogP) is 2.89. The molecule has 1 saturated heterocycles. The predicted molar refractivity (Wildman–Crippen MR) is 72.4 cm³/mol. The van der Waals surface area contributed by atoms with Gasteiger partial charge in [0.2, 0.25) is 0 Å². The highest BCUT2D eigenvalue weighted by Gasteiger charge is 2.30. The van der Waals surface area contributed by atoms with E-state index in [0.29, 0.717) is 6.04 Å². The summed E-state index contributed by atoms with van der Waals surface area (Å²) in [6.07, 6.45) is 3.82. The lowest BCUT2D eigenvalue weighted by Gasteiger charge is -2.24. The minimum absolute atomic E-state index is 0.132. The van der Waals surface area contributed by atoms with Crippen LogP contribution >= 0.6 is 27.3 Å². The summed E-state index contributed by atoms with van der Waals surface area (Å²) in [5, 5.41) is 10.8. The van der Waals surface area contributed by atoms with Gasteiger partial charge in [-0.05, 0) is 53.1 Å². The van der Waals surface area contributed by atoms with E-state index in [9.17, 15) is 4.79 Å². The lowest BCUT2D eigenvalue weighted by molar-refractivity contribution is 0.0728. The minimum atomic E-state index is 0.132. The number of aliphatic hydroxyl groups is 1. The van der Waals surface area contributed by atoms with Crippen molar-refractivity contribution in [3.8, 4) is 0 Å². The van der Waals surface area contributed by atoms with Crippen LogP contribution in [0.2, 0.25) is 0 Å². The number of amides is 1. The first kappa shape index (κ1) is 13.1. The molecule has 1 aromatic rings. The number of likely N-dealkylation sites (tertiary alicyclic amines) is 1. The zero-order valence-electron chi connectivity index (χ0n) is 9.56.